The number of aryl methyl sites for hydroxylation is 1. The smallest absolute Gasteiger partial charge is 0.341 e. The van der Waals surface area contributed by atoms with E-state index in [4.69, 9.17) is 9.84 Å². The number of carbonyl (C=O) groups is 1. The van der Waals surface area contributed by atoms with Crippen LogP contribution in [0.1, 0.15) is 11.1 Å². The molecule has 0 atom stereocenters. The molecule has 0 fully saturated rings. The number of carboxylic acid groups (broad SMARTS) is 1. The highest BCUT2D eigenvalue weighted by atomic mass is 16.5. The molecule has 0 bridgehead atoms. The molecule has 0 aliphatic heterocycles. The van der Waals surface area contributed by atoms with E-state index in [2.05, 4.69) is 10.5 Å². The van der Waals surface area contributed by atoms with E-state index in [1.807, 2.05) is 31.2 Å². The molecule has 0 amide bonds. The Bertz CT molecular complexity index is 636. The maximum absolute atomic E-state index is 10.4. The van der Waals surface area contributed by atoms with Crippen LogP contribution in [0, 0.1) is 6.92 Å². The monoisotopic (exact) mass is 284 g/mol. The normalized spacial score (nSPS) is 10.5. The van der Waals surface area contributed by atoms with Crippen LogP contribution < -0.4 is 10.2 Å². The van der Waals surface area contributed by atoms with Crippen LogP contribution >= 0.6 is 0 Å². The lowest BCUT2D eigenvalue weighted by Gasteiger charge is -2.04. The van der Waals surface area contributed by atoms with Gasteiger partial charge >= 0.3 is 5.97 Å². The van der Waals surface area contributed by atoms with Gasteiger partial charge in [0.25, 0.3) is 0 Å². The summed E-state index contributed by atoms with van der Waals surface area (Å²) in [7, 11) is 0. The highest BCUT2D eigenvalue weighted by molar-refractivity contribution is 5.80. The fourth-order valence-electron chi connectivity index (χ4n) is 1.67. The summed E-state index contributed by atoms with van der Waals surface area (Å²) < 4.78 is 5.05. The van der Waals surface area contributed by atoms with E-state index in [1.165, 1.54) is 0 Å². The van der Waals surface area contributed by atoms with Crippen molar-refractivity contribution in [1.82, 2.24) is 0 Å². The lowest BCUT2D eigenvalue weighted by Crippen LogP contribution is -2.09. The third-order valence-electron chi connectivity index (χ3n) is 2.79. The largest absolute Gasteiger partial charge is 0.482 e. The molecule has 2 rings (SSSR count). The van der Waals surface area contributed by atoms with Gasteiger partial charge in [0.2, 0.25) is 0 Å². The summed E-state index contributed by atoms with van der Waals surface area (Å²) >= 11 is 0. The number of hydrogen-bond acceptors (Lipinski definition) is 4. The zero-order valence-corrected chi connectivity index (χ0v) is 11.6. The highest BCUT2D eigenvalue weighted by Crippen LogP contribution is 2.13. The summed E-state index contributed by atoms with van der Waals surface area (Å²) in [5.41, 5.74) is 5.94. The zero-order chi connectivity index (χ0) is 15.1. The van der Waals surface area contributed by atoms with E-state index in [-0.39, 0.29) is 6.61 Å². The van der Waals surface area contributed by atoms with Gasteiger partial charge in [0, 0.05) is 0 Å². The summed E-state index contributed by atoms with van der Waals surface area (Å²) in [6.07, 6.45) is 1.69. The molecule has 2 aromatic rings. The van der Waals surface area contributed by atoms with Crippen molar-refractivity contribution in [1.29, 1.82) is 0 Å². The first-order chi connectivity index (χ1) is 10.1. The van der Waals surface area contributed by atoms with E-state index >= 15 is 0 Å². The standard InChI is InChI=1S/C16H16N2O3/c1-12-4-2-3-5-15(12)18-17-10-13-6-8-14(9-7-13)21-11-16(19)20/h2-10,18H,11H2,1H3,(H,19,20)/b17-10-. The molecular formula is C16H16N2O3. The number of benzene rings is 2. The molecule has 0 radical (unpaired) electrons. The van der Waals surface area contributed by atoms with Gasteiger partial charge < -0.3 is 9.84 Å². The first-order valence-corrected chi connectivity index (χ1v) is 6.44. The number of para-hydroxylation sites is 1. The van der Waals surface area contributed by atoms with Gasteiger partial charge in [-0.1, -0.05) is 18.2 Å². The van der Waals surface area contributed by atoms with Crippen molar-refractivity contribution in [3.8, 4) is 5.75 Å². The maximum Gasteiger partial charge on any atom is 0.341 e. The van der Waals surface area contributed by atoms with E-state index in [1.54, 1.807) is 30.5 Å². The van der Waals surface area contributed by atoms with E-state index in [0.717, 1.165) is 16.8 Å². The maximum atomic E-state index is 10.4. The SMILES string of the molecule is Cc1ccccc1N/N=C\c1ccc(OCC(=O)O)cc1. The van der Waals surface area contributed by atoms with Gasteiger partial charge in [-0.15, -0.1) is 0 Å². The van der Waals surface area contributed by atoms with Gasteiger partial charge in [0.05, 0.1) is 11.9 Å². The number of rotatable bonds is 6. The number of hydrazone groups is 1. The molecule has 0 spiro atoms. The van der Waals surface area contributed by atoms with Crippen LogP contribution in [0.15, 0.2) is 53.6 Å². The first kappa shape index (κ1) is 14.6. The Kier molecular flexibility index (Phi) is 4.93. The Morgan fingerprint density at radius 3 is 2.62 bits per heavy atom. The van der Waals surface area contributed by atoms with Crippen LogP contribution in [0.4, 0.5) is 5.69 Å². The second-order valence-corrected chi connectivity index (χ2v) is 4.44. The van der Waals surface area contributed by atoms with Crippen molar-refractivity contribution >= 4 is 17.9 Å². The van der Waals surface area contributed by atoms with Crippen molar-refractivity contribution in [3.63, 3.8) is 0 Å². The molecule has 0 saturated heterocycles. The summed E-state index contributed by atoms with van der Waals surface area (Å²) in [4.78, 5) is 10.4. The number of aliphatic carboxylic acids is 1. The number of nitrogens with zero attached hydrogens (tertiary/aromatic N) is 1. The lowest BCUT2D eigenvalue weighted by molar-refractivity contribution is -0.139. The fourth-order valence-corrected chi connectivity index (χ4v) is 1.67. The van der Waals surface area contributed by atoms with Crippen LogP contribution in [-0.4, -0.2) is 23.9 Å². The minimum Gasteiger partial charge on any atom is -0.482 e. The van der Waals surface area contributed by atoms with E-state index in [0.29, 0.717) is 5.75 Å². The number of hydrogen-bond donors (Lipinski definition) is 2. The van der Waals surface area contributed by atoms with Gasteiger partial charge in [0.15, 0.2) is 6.61 Å². The van der Waals surface area contributed by atoms with Crippen LogP contribution in [-0.2, 0) is 4.79 Å². The Morgan fingerprint density at radius 2 is 1.95 bits per heavy atom. The molecule has 0 heterocycles. The van der Waals surface area contributed by atoms with Crippen LogP contribution in [0.25, 0.3) is 0 Å². The number of carboxylic acids is 1. The van der Waals surface area contributed by atoms with Crippen LogP contribution in [0.2, 0.25) is 0 Å². The summed E-state index contributed by atoms with van der Waals surface area (Å²) in [5, 5.41) is 12.7. The highest BCUT2D eigenvalue weighted by Gasteiger charge is 1.98. The molecule has 0 aliphatic rings. The minimum absolute atomic E-state index is 0.345. The molecule has 5 nitrogen and oxygen atoms in total. The lowest BCUT2D eigenvalue weighted by atomic mass is 10.2. The van der Waals surface area contributed by atoms with Gasteiger partial charge in [-0.3, -0.25) is 5.43 Å². The molecule has 108 valence electrons. The Labute approximate surface area is 122 Å². The Hall–Kier alpha value is -2.82. The van der Waals surface area contributed by atoms with E-state index < -0.39 is 5.97 Å². The minimum atomic E-state index is -0.997. The third kappa shape index (κ3) is 4.65. The molecule has 21 heavy (non-hydrogen) atoms. The van der Waals surface area contributed by atoms with Crippen LogP contribution in [0.3, 0.4) is 0 Å². The summed E-state index contributed by atoms with van der Waals surface area (Å²) in [6, 6.07) is 14.9. The van der Waals surface area contributed by atoms with Crippen LogP contribution in [0.5, 0.6) is 5.75 Å². The van der Waals surface area contributed by atoms with Crippen molar-refractivity contribution < 1.29 is 14.6 Å². The molecule has 0 unspecified atom stereocenters. The molecular weight excluding hydrogens is 268 g/mol. The average Bonchev–Trinajstić information content (AvgIpc) is 2.48. The topological polar surface area (TPSA) is 70.9 Å². The molecule has 0 aromatic heterocycles. The second-order valence-electron chi connectivity index (χ2n) is 4.44. The van der Waals surface area contributed by atoms with Gasteiger partial charge in [-0.25, -0.2) is 4.79 Å². The van der Waals surface area contributed by atoms with Gasteiger partial charge in [-0.05, 0) is 48.4 Å². The van der Waals surface area contributed by atoms with Crippen molar-refractivity contribution in [2.45, 2.75) is 6.92 Å². The predicted octanol–water partition coefficient (Wildman–Crippen LogP) is 2.90. The first-order valence-electron chi connectivity index (χ1n) is 6.44. The quantitative estimate of drug-likeness (QED) is 0.632. The average molecular weight is 284 g/mol. The van der Waals surface area contributed by atoms with Crippen molar-refractivity contribution in [2.75, 3.05) is 12.0 Å². The predicted molar refractivity (Wildman–Crippen MR) is 82.0 cm³/mol. The summed E-state index contributed by atoms with van der Waals surface area (Å²) in [6.45, 7) is 1.66. The Balaban J connectivity index is 1.92. The zero-order valence-electron chi connectivity index (χ0n) is 11.6. The summed E-state index contributed by atoms with van der Waals surface area (Å²) in [5.74, 6) is -0.482. The Morgan fingerprint density at radius 1 is 1.24 bits per heavy atom. The number of anilines is 1. The number of nitrogens with one attached hydrogen (secondary N) is 1. The molecule has 0 saturated carbocycles. The van der Waals surface area contributed by atoms with Crippen molar-refractivity contribution in [3.05, 3.63) is 59.7 Å². The molecule has 5 heteroatoms. The molecule has 0 aliphatic carbocycles. The third-order valence-corrected chi connectivity index (χ3v) is 2.79. The molecule has 2 aromatic carbocycles. The molecule has 2 N–H and O–H groups in total. The fraction of sp³-hybridized carbons (Fsp3) is 0.125. The van der Waals surface area contributed by atoms with Gasteiger partial charge in [0.1, 0.15) is 5.75 Å². The second kappa shape index (κ2) is 7.09. The number of ether oxygens (including phenoxy) is 1. The van der Waals surface area contributed by atoms with Crippen molar-refractivity contribution in [2.24, 2.45) is 5.10 Å². The van der Waals surface area contributed by atoms with E-state index in [9.17, 15) is 4.79 Å². The van der Waals surface area contributed by atoms with Gasteiger partial charge in [-0.2, -0.15) is 5.10 Å².